The van der Waals surface area contributed by atoms with Gasteiger partial charge in [0.05, 0.1) is 11.4 Å². The number of allylic oxidation sites excluding steroid dienone is 4. The van der Waals surface area contributed by atoms with Crippen molar-refractivity contribution in [3.05, 3.63) is 70.3 Å². The number of rotatable bonds is 3. The third-order valence-electron chi connectivity index (χ3n) is 5.26. The lowest BCUT2D eigenvalue weighted by molar-refractivity contribution is 0.729. The molecule has 5 heteroatoms. The molecule has 2 heterocycles. The van der Waals surface area contributed by atoms with Crippen molar-refractivity contribution in [3.63, 3.8) is 0 Å². The van der Waals surface area contributed by atoms with E-state index in [1.807, 2.05) is 18.3 Å². The second-order valence-electron chi connectivity index (χ2n) is 6.92. The Morgan fingerprint density at radius 3 is 2.82 bits per heavy atom. The summed E-state index contributed by atoms with van der Waals surface area (Å²) < 4.78 is 0. The van der Waals surface area contributed by atoms with Crippen molar-refractivity contribution >= 4 is 27.9 Å². The molecule has 0 spiro atoms. The molecule has 1 aromatic carbocycles. The molecular weight excluding hydrogens is 364 g/mol. The maximum atomic E-state index is 5.37. The number of anilines is 1. The van der Waals surface area contributed by atoms with Crippen LogP contribution in [-0.4, -0.2) is 30.0 Å². The van der Waals surface area contributed by atoms with E-state index in [2.05, 4.69) is 58.2 Å². The zero-order valence-electron chi connectivity index (χ0n) is 16.1. The lowest BCUT2D eigenvalue weighted by atomic mass is 9.93. The van der Waals surface area contributed by atoms with Crippen molar-refractivity contribution in [3.8, 4) is 12.5 Å². The Morgan fingerprint density at radius 1 is 1.21 bits per heavy atom. The van der Waals surface area contributed by atoms with Crippen molar-refractivity contribution in [1.82, 2.24) is 4.98 Å². The van der Waals surface area contributed by atoms with E-state index >= 15 is 0 Å². The molecule has 1 aliphatic carbocycles. The Hall–Kier alpha value is -2.97. The van der Waals surface area contributed by atoms with Crippen LogP contribution in [0.25, 0.3) is 0 Å². The summed E-state index contributed by atoms with van der Waals surface area (Å²) in [4.78, 5) is 16.7. The van der Waals surface area contributed by atoms with Gasteiger partial charge >= 0.3 is 0 Å². The third kappa shape index (κ3) is 3.56. The van der Waals surface area contributed by atoms with E-state index in [4.69, 9.17) is 11.4 Å². The fraction of sp³-hybridized carbons (Fsp3) is 0.261. The predicted molar refractivity (Wildman–Crippen MR) is 119 cm³/mol. The van der Waals surface area contributed by atoms with Gasteiger partial charge in [0.2, 0.25) is 0 Å². The van der Waals surface area contributed by atoms with Crippen LogP contribution in [0.1, 0.15) is 28.8 Å². The highest BCUT2D eigenvalue weighted by atomic mass is 32.1. The smallest absolute Gasteiger partial charge is 0.185 e. The molecule has 1 atom stereocenters. The summed E-state index contributed by atoms with van der Waals surface area (Å²) in [5, 5.41) is 1.09. The summed E-state index contributed by atoms with van der Waals surface area (Å²) in [5.74, 6) is 0.223. The molecule has 0 fully saturated rings. The van der Waals surface area contributed by atoms with Gasteiger partial charge in [-0.1, -0.05) is 43.7 Å². The van der Waals surface area contributed by atoms with Crippen LogP contribution in [0, 0.1) is 12.5 Å². The quantitative estimate of drug-likeness (QED) is 0.579. The summed E-state index contributed by atoms with van der Waals surface area (Å²) in [5.41, 5.74) is 5.58. The van der Waals surface area contributed by atoms with Crippen LogP contribution in [0.15, 0.2) is 64.2 Å². The molecule has 4 nitrogen and oxygen atoms in total. The number of thiazole rings is 1. The van der Waals surface area contributed by atoms with Gasteiger partial charge in [0.15, 0.2) is 5.13 Å². The molecule has 140 valence electrons. The van der Waals surface area contributed by atoms with Gasteiger partial charge in [0.1, 0.15) is 0 Å². The fourth-order valence-electron chi connectivity index (χ4n) is 3.60. The molecule has 2 aliphatic rings. The van der Waals surface area contributed by atoms with Crippen LogP contribution in [0.4, 0.5) is 5.13 Å². The second-order valence-corrected chi connectivity index (χ2v) is 7.96. The summed E-state index contributed by atoms with van der Waals surface area (Å²) in [6.07, 6.45) is 14.5. The molecule has 0 saturated carbocycles. The minimum absolute atomic E-state index is 0.223. The number of benzene rings is 1. The Kier molecular flexibility index (Phi) is 5.23. The van der Waals surface area contributed by atoms with E-state index in [0.29, 0.717) is 0 Å². The molecule has 0 saturated heterocycles. The topological polar surface area (TPSA) is 40.9 Å². The standard InChI is InChI=1S/C23H22N4S/c1-4-25-21-13-18(9-10-20(21)24-3)16(2)22-14-26-23(28-22)27-12-11-17-7-5-6-8-19(17)15-27/h1,5-10,13-14,16H,11-12,15H2,2-3H3/b24-20-,25-21-. The Labute approximate surface area is 170 Å². The van der Waals surface area contributed by atoms with E-state index in [-0.39, 0.29) is 5.92 Å². The first-order valence-electron chi connectivity index (χ1n) is 9.37. The maximum Gasteiger partial charge on any atom is 0.185 e. The van der Waals surface area contributed by atoms with E-state index in [1.54, 1.807) is 18.4 Å². The summed E-state index contributed by atoms with van der Waals surface area (Å²) in [6.45, 7) is 4.13. The highest BCUT2D eigenvalue weighted by Crippen LogP contribution is 2.35. The van der Waals surface area contributed by atoms with Crippen molar-refractivity contribution < 1.29 is 0 Å². The first-order valence-corrected chi connectivity index (χ1v) is 10.2. The normalized spacial score (nSPS) is 20.0. The second kappa shape index (κ2) is 7.95. The van der Waals surface area contributed by atoms with Gasteiger partial charge in [-0.05, 0) is 35.3 Å². The number of nitrogens with zero attached hydrogens (tertiary/aromatic N) is 4. The summed E-state index contributed by atoms with van der Waals surface area (Å²) in [6, 6.07) is 11.0. The van der Waals surface area contributed by atoms with Gasteiger partial charge in [-0.25, -0.2) is 4.98 Å². The SMILES string of the molecule is C#C/N=C1/C=C(C(C)c2cnc(N3CCc4ccccc4C3)s2)C=C/C1=N/C. The van der Waals surface area contributed by atoms with Crippen molar-refractivity contribution in [2.75, 3.05) is 18.5 Å². The third-order valence-corrected chi connectivity index (χ3v) is 6.51. The van der Waals surface area contributed by atoms with Gasteiger partial charge in [-0.2, -0.15) is 4.99 Å². The van der Waals surface area contributed by atoms with Gasteiger partial charge < -0.3 is 4.90 Å². The molecule has 0 radical (unpaired) electrons. The molecule has 1 unspecified atom stereocenters. The molecule has 1 aromatic heterocycles. The van der Waals surface area contributed by atoms with Crippen LogP contribution in [0.2, 0.25) is 0 Å². The number of aromatic nitrogens is 1. The minimum Gasteiger partial charge on any atom is -0.343 e. The molecule has 28 heavy (non-hydrogen) atoms. The van der Waals surface area contributed by atoms with Crippen LogP contribution in [0.3, 0.4) is 0 Å². The molecule has 1 aliphatic heterocycles. The number of hydrogen-bond donors (Lipinski definition) is 0. The molecule has 4 rings (SSSR count). The Bertz CT molecular complexity index is 1050. The van der Waals surface area contributed by atoms with Crippen LogP contribution in [0.5, 0.6) is 0 Å². The maximum absolute atomic E-state index is 5.37. The first kappa shape index (κ1) is 18.4. The van der Waals surface area contributed by atoms with Gasteiger partial charge in [0, 0.05) is 43.2 Å². The predicted octanol–water partition coefficient (Wildman–Crippen LogP) is 4.41. The summed E-state index contributed by atoms with van der Waals surface area (Å²) >= 11 is 1.77. The molecule has 0 amide bonds. The zero-order valence-corrected chi connectivity index (χ0v) is 16.9. The van der Waals surface area contributed by atoms with E-state index < -0.39 is 0 Å². The largest absolute Gasteiger partial charge is 0.343 e. The van der Waals surface area contributed by atoms with E-state index in [0.717, 1.165) is 36.1 Å². The number of fused-ring (bicyclic) bond motifs is 1. The lowest BCUT2D eigenvalue weighted by Crippen LogP contribution is -2.30. The van der Waals surface area contributed by atoms with Gasteiger partial charge in [-0.3, -0.25) is 4.99 Å². The molecule has 0 N–H and O–H groups in total. The number of terminal acetylenes is 1. The van der Waals surface area contributed by atoms with Crippen molar-refractivity contribution in [2.24, 2.45) is 9.98 Å². The average molecular weight is 387 g/mol. The van der Waals surface area contributed by atoms with Crippen LogP contribution < -0.4 is 4.90 Å². The highest BCUT2D eigenvalue weighted by molar-refractivity contribution is 7.15. The zero-order chi connectivity index (χ0) is 19.5. The lowest BCUT2D eigenvalue weighted by Gasteiger charge is -2.28. The van der Waals surface area contributed by atoms with Crippen molar-refractivity contribution in [2.45, 2.75) is 25.8 Å². The molecule has 2 aromatic rings. The fourth-order valence-corrected chi connectivity index (χ4v) is 4.62. The molecular formula is C23H22N4S. The van der Waals surface area contributed by atoms with Gasteiger partial charge in [0.25, 0.3) is 0 Å². The van der Waals surface area contributed by atoms with E-state index in [9.17, 15) is 0 Å². The number of hydrogen-bond acceptors (Lipinski definition) is 5. The van der Waals surface area contributed by atoms with Crippen LogP contribution >= 0.6 is 11.3 Å². The Morgan fingerprint density at radius 2 is 2.04 bits per heavy atom. The Balaban J connectivity index is 1.54. The highest BCUT2D eigenvalue weighted by Gasteiger charge is 2.22. The van der Waals surface area contributed by atoms with Crippen LogP contribution in [-0.2, 0) is 13.0 Å². The van der Waals surface area contributed by atoms with Gasteiger partial charge in [-0.15, -0.1) is 11.3 Å². The first-order chi connectivity index (χ1) is 13.7. The average Bonchev–Trinajstić information content (AvgIpc) is 3.23. The van der Waals surface area contributed by atoms with Crippen molar-refractivity contribution in [1.29, 1.82) is 0 Å². The number of aliphatic imine (C=N–C) groups is 2. The molecule has 0 bridgehead atoms. The summed E-state index contributed by atoms with van der Waals surface area (Å²) in [7, 11) is 1.75. The minimum atomic E-state index is 0.223. The van der Waals surface area contributed by atoms with E-state index in [1.165, 1.54) is 21.6 Å². The monoisotopic (exact) mass is 386 g/mol.